The Bertz CT molecular complexity index is 225. The largest absolute Gasteiger partial charge is 0.404 e. The van der Waals surface area contributed by atoms with Crippen molar-refractivity contribution in [2.24, 2.45) is 11.7 Å². The smallest absolute Gasteiger partial charge is 0.0227 e. The van der Waals surface area contributed by atoms with Crippen LogP contribution in [-0.4, -0.2) is 38.3 Å². The Hall–Kier alpha value is -0.400. The van der Waals surface area contributed by atoms with Gasteiger partial charge in [-0.1, -0.05) is 0 Å². The van der Waals surface area contributed by atoms with Gasteiger partial charge in [-0.15, -0.1) is 7.92 Å². The molecule has 4 heteroatoms. The molecule has 14 heavy (non-hydrogen) atoms. The molecule has 0 aromatic heterocycles. The van der Waals surface area contributed by atoms with Crippen LogP contribution in [0.1, 0.15) is 6.42 Å². The zero-order chi connectivity index (χ0) is 10.6. The van der Waals surface area contributed by atoms with Gasteiger partial charge >= 0.3 is 0 Å². The number of rotatable bonds is 3. The summed E-state index contributed by atoms with van der Waals surface area (Å²) in [5, 5.41) is 10.7. The summed E-state index contributed by atoms with van der Waals surface area (Å²) in [5.74, 6) is 0.446. The average molecular weight is 213 g/mol. The number of hydrogen-bond acceptors (Lipinski definition) is 3. The lowest BCUT2D eigenvalue weighted by Crippen LogP contribution is -2.39. The highest BCUT2D eigenvalue weighted by atomic mass is 31.1. The molecule has 80 valence electrons. The van der Waals surface area contributed by atoms with Crippen molar-refractivity contribution in [3.05, 3.63) is 11.8 Å². The van der Waals surface area contributed by atoms with Gasteiger partial charge in [-0.05, 0) is 43.1 Å². The second-order valence-corrected chi connectivity index (χ2v) is 6.68. The van der Waals surface area contributed by atoms with Crippen molar-refractivity contribution in [1.29, 1.82) is 5.41 Å². The second kappa shape index (κ2) is 5.47. The average Bonchev–Trinajstić information content (AvgIpc) is 2.20. The third-order valence-corrected chi connectivity index (χ3v) is 4.74. The molecule has 1 aliphatic heterocycles. The lowest BCUT2D eigenvalue weighted by Gasteiger charge is -2.32. The minimum Gasteiger partial charge on any atom is -0.404 e. The topological polar surface area (TPSA) is 61.9 Å². The molecule has 0 aliphatic carbocycles. The zero-order valence-corrected chi connectivity index (χ0v) is 9.85. The molecule has 0 radical (unpaired) electrons. The monoisotopic (exact) mass is 213 g/mol. The summed E-state index contributed by atoms with van der Waals surface area (Å²) in [6, 6.07) is 0. The molecule has 1 heterocycles. The first-order valence-electron chi connectivity index (χ1n) is 4.98. The van der Waals surface area contributed by atoms with Crippen molar-refractivity contribution in [2.75, 3.05) is 26.4 Å². The van der Waals surface area contributed by atoms with Crippen molar-refractivity contribution in [3.8, 4) is 0 Å². The van der Waals surface area contributed by atoms with Crippen LogP contribution < -0.4 is 11.1 Å². The van der Waals surface area contributed by atoms with Crippen LogP contribution in [0.2, 0.25) is 0 Å². The number of nitrogens with one attached hydrogen (secondary N) is 2. The Morgan fingerprint density at radius 2 is 2.21 bits per heavy atom. The van der Waals surface area contributed by atoms with Crippen molar-refractivity contribution in [1.82, 2.24) is 5.32 Å². The van der Waals surface area contributed by atoms with Crippen molar-refractivity contribution in [3.63, 3.8) is 0 Å². The Morgan fingerprint density at radius 1 is 1.50 bits per heavy atom. The Balaban J connectivity index is 2.59. The summed E-state index contributed by atoms with van der Waals surface area (Å²) in [7, 11) is 0.114. The van der Waals surface area contributed by atoms with Crippen molar-refractivity contribution < 1.29 is 0 Å². The van der Waals surface area contributed by atoms with Crippen molar-refractivity contribution >= 4 is 14.1 Å². The van der Waals surface area contributed by atoms with E-state index in [1.165, 1.54) is 12.6 Å². The Kier molecular flexibility index (Phi) is 4.56. The second-order valence-electron chi connectivity index (χ2n) is 4.02. The number of nitrogens with two attached hydrogens (primary N) is 1. The molecule has 0 spiro atoms. The van der Waals surface area contributed by atoms with Gasteiger partial charge < -0.3 is 16.5 Å². The first kappa shape index (κ1) is 11.7. The zero-order valence-electron chi connectivity index (χ0n) is 8.96. The summed E-state index contributed by atoms with van der Waals surface area (Å²) in [4.78, 5) is 0. The van der Waals surface area contributed by atoms with Crippen LogP contribution in [-0.2, 0) is 0 Å². The van der Waals surface area contributed by atoms with E-state index in [2.05, 4.69) is 18.6 Å². The fraction of sp³-hybridized carbons (Fsp3) is 0.700. The highest BCUT2D eigenvalue weighted by Crippen LogP contribution is 2.38. The summed E-state index contributed by atoms with van der Waals surface area (Å²) in [6.45, 7) is 6.74. The molecule has 0 amide bonds. The molecule has 0 saturated carbocycles. The first-order valence-corrected chi connectivity index (χ1v) is 7.29. The SMILES string of the molecule is CP(C)C1CNCC(/C(C=N)=C/N)C1. The molecule has 1 rings (SSSR count). The van der Waals surface area contributed by atoms with Gasteiger partial charge in [-0.25, -0.2) is 0 Å². The van der Waals surface area contributed by atoms with E-state index in [0.29, 0.717) is 5.92 Å². The van der Waals surface area contributed by atoms with E-state index in [1.54, 1.807) is 6.20 Å². The van der Waals surface area contributed by atoms with Gasteiger partial charge in [-0.3, -0.25) is 0 Å². The van der Waals surface area contributed by atoms with Crippen LogP contribution in [0, 0.1) is 11.3 Å². The molecule has 1 saturated heterocycles. The van der Waals surface area contributed by atoms with Gasteiger partial charge in [-0.2, -0.15) is 0 Å². The highest BCUT2D eigenvalue weighted by Gasteiger charge is 2.25. The summed E-state index contributed by atoms with van der Waals surface area (Å²) >= 11 is 0. The Morgan fingerprint density at radius 3 is 2.71 bits per heavy atom. The van der Waals surface area contributed by atoms with Gasteiger partial charge in [0, 0.05) is 19.3 Å². The molecule has 0 aromatic rings. The van der Waals surface area contributed by atoms with Gasteiger partial charge in [0.15, 0.2) is 0 Å². The molecular weight excluding hydrogens is 193 g/mol. The summed E-state index contributed by atoms with van der Waals surface area (Å²) in [6.07, 6.45) is 4.15. The number of piperidine rings is 1. The maximum absolute atomic E-state index is 7.27. The quantitative estimate of drug-likeness (QED) is 0.487. The van der Waals surface area contributed by atoms with Gasteiger partial charge in [0.2, 0.25) is 0 Å². The van der Waals surface area contributed by atoms with E-state index in [-0.39, 0.29) is 7.92 Å². The van der Waals surface area contributed by atoms with E-state index in [4.69, 9.17) is 11.1 Å². The van der Waals surface area contributed by atoms with E-state index < -0.39 is 0 Å². The predicted molar refractivity (Wildman–Crippen MR) is 64.6 cm³/mol. The van der Waals surface area contributed by atoms with E-state index >= 15 is 0 Å². The summed E-state index contributed by atoms with van der Waals surface area (Å²) < 4.78 is 0. The van der Waals surface area contributed by atoms with E-state index in [0.717, 1.165) is 24.3 Å². The maximum atomic E-state index is 7.27. The molecule has 1 aliphatic rings. The molecule has 0 bridgehead atoms. The van der Waals surface area contributed by atoms with Gasteiger partial charge in [0.1, 0.15) is 0 Å². The highest BCUT2D eigenvalue weighted by molar-refractivity contribution is 7.56. The van der Waals surface area contributed by atoms with Crippen LogP contribution in [0.3, 0.4) is 0 Å². The standard InChI is InChI=1S/C10H20N3P/c1-14(2)10-3-8(6-13-7-10)9(4-11)5-12/h4-5,8,10-11,13H,3,6-7,12H2,1-2H3/b9-5+,11-4?. The molecule has 3 nitrogen and oxygen atoms in total. The van der Waals surface area contributed by atoms with Crippen LogP contribution in [0.15, 0.2) is 11.8 Å². The predicted octanol–water partition coefficient (Wildman–Crippen LogP) is 1.20. The third kappa shape index (κ3) is 2.79. The fourth-order valence-electron chi connectivity index (χ4n) is 1.87. The van der Waals surface area contributed by atoms with E-state index in [9.17, 15) is 0 Å². The van der Waals surface area contributed by atoms with Crippen LogP contribution in [0.4, 0.5) is 0 Å². The molecule has 0 aromatic carbocycles. The van der Waals surface area contributed by atoms with Gasteiger partial charge in [0.05, 0.1) is 0 Å². The first-order chi connectivity index (χ1) is 6.69. The van der Waals surface area contributed by atoms with Gasteiger partial charge in [0.25, 0.3) is 0 Å². The molecule has 4 N–H and O–H groups in total. The fourth-order valence-corrected chi connectivity index (χ4v) is 3.04. The van der Waals surface area contributed by atoms with Crippen molar-refractivity contribution in [2.45, 2.75) is 12.1 Å². The summed E-state index contributed by atoms with van der Waals surface area (Å²) in [5.41, 5.74) is 7.25. The molecule has 2 unspecified atom stereocenters. The van der Waals surface area contributed by atoms with E-state index in [1.807, 2.05) is 0 Å². The lowest BCUT2D eigenvalue weighted by atomic mass is 9.92. The molecule has 2 atom stereocenters. The number of hydrogen-bond donors (Lipinski definition) is 3. The minimum absolute atomic E-state index is 0.114. The maximum Gasteiger partial charge on any atom is 0.0227 e. The molecular formula is C10H20N3P. The molecule has 1 fully saturated rings. The minimum atomic E-state index is 0.114. The lowest BCUT2D eigenvalue weighted by molar-refractivity contribution is 0.437. The Labute approximate surface area is 87.4 Å². The normalized spacial score (nSPS) is 29.2. The van der Waals surface area contributed by atoms with Crippen LogP contribution in [0.5, 0.6) is 0 Å². The van der Waals surface area contributed by atoms with Crippen LogP contribution in [0.25, 0.3) is 0 Å². The third-order valence-electron chi connectivity index (χ3n) is 2.89. The van der Waals surface area contributed by atoms with Crippen LogP contribution >= 0.6 is 7.92 Å².